The van der Waals surface area contributed by atoms with Gasteiger partial charge in [-0.2, -0.15) is 0 Å². The van der Waals surface area contributed by atoms with Crippen LogP contribution in [0.4, 0.5) is 4.79 Å². The molecule has 1 saturated heterocycles. The van der Waals surface area contributed by atoms with Crippen LogP contribution >= 0.6 is 0 Å². The number of carbonyl (C=O) groups is 1. The average Bonchev–Trinajstić information content (AvgIpc) is 2.54. The van der Waals surface area contributed by atoms with Crippen molar-refractivity contribution in [1.82, 2.24) is 9.91 Å². The van der Waals surface area contributed by atoms with Gasteiger partial charge in [0.05, 0.1) is 19.7 Å². The van der Waals surface area contributed by atoms with Gasteiger partial charge in [0, 0.05) is 13.1 Å². The van der Waals surface area contributed by atoms with E-state index < -0.39 is 0 Å². The molecule has 8 heteroatoms. The normalized spacial score (nSPS) is 15.5. The van der Waals surface area contributed by atoms with Gasteiger partial charge in [0.25, 0.3) is 10.2 Å². The van der Waals surface area contributed by atoms with E-state index in [0.717, 1.165) is 11.1 Å². The first-order valence-electron chi connectivity index (χ1n) is 7.62. The summed E-state index contributed by atoms with van der Waals surface area (Å²) in [7, 11) is 0. The van der Waals surface area contributed by atoms with E-state index in [1.54, 1.807) is 22.9 Å². The van der Waals surface area contributed by atoms with Crippen LogP contribution in [0.1, 0.15) is 18.1 Å². The lowest BCUT2D eigenvalue weighted by molar-refractivity contribution is -0.940. The minimum Gasteiger partial charge on any atom is -0.450 e. The van der Waals surface area contributed by atoms with E-state index in [1.807, 2.05) is 26.0 Å². The molecule has 8 nitrogen and oxygen atoms in total. The van der Waals surface area contributed by atoms with Gasteiger partial charge in [-0.15, -0.1) is 5.01 Å². The van der Waals surface area contributed by atoms with E-state index in [4.69, 9.17) is 9.57 Å². The number of rotatable bonds is 4. The Hall–Kier alpha value is -2.51. The highest BCUT2D eigenvalue weighted by Crippen LogP contribution is 2.19. The van der Waals surface area contributed by atoms with Crippen molar-refractivity contribution in [2.45, 2.75) is 20.8 Å². The molecule has 0 unspecified atom stereocenters. The number of amides is 1. The molecule has 0 atom stereocenters. The van der Waals surface area contributed by atoms with E-state index in [1.165, 1.54) is 0 Å². The van der Waals surface area contributed by atoms with Crippen LogP contribution in [0.5, 0.6) is 5.75 Å². The SMILES string of the molecule is CCOC(=O)N1CCN(/[N+](O)=N/Oc2ccc(C)cc2C)CC1. The fraction of sp³-hybridized carbons (Fsp3) is 0.533. The molecular weight excluding hydrogens is 300 g/mol. The third-order valence-corrected chi connectivity index (χ3v) is 3.58. The molecule has 126 valence electrons. The van der Waals surface area contributed by atoms with Crippen LogP contribution in [0.3, 0.4) is 0 Å². The predicted octanol–water partition coefficient (Wildman–Crippen LogP) is 2.14. The highest BCUT2D eigenvalue weighted by atomic mass is 16.7. The lowest BCUT2D eigenvalue weighted by Gasteiger charge is -2.28. The Morgan fingerprint density at radius 3 is 2.61 bits per heavy atom. The molecule has 0 saturated carbocycles. The Balaban J connectivity index is 1.89. The number of hydrogen-bond donors (Lipinski definition) is 1. The molecule has 1 aliphatic heterocycles. The van der Waals surface area contributed by atoms with Gasteiger partial charge in [-0.25, -0.2) is 10.0 Å². The van der Waals surface area contributed by atoms with E-state index >= 15 is 0 Å². The van der Waals surface area contributed by atoms with Gasteiger partial charge in [-0.3, -0.25) is 0 Å². The van der Waals surface area contributed by atoms with Gasteiger partial charge in [0.1, 0.15) is 0 Å². The Kier molecular flexibility index (Phi) is 5.61. The first-order chi connectivity index (χ1) is 11.0. The summed E-state index contributed by atoms with van der Waals surface area (Å²) in [6, 6.07) is 5.70. The standard InChI is InChI=1S/C15H23N4O4/c1-4-22-15(20)17-7-9-18(10-8-17)19(21)16-23-14-6-5-12(2)11-13(14)3/h5-6,11H,4,7-10H2,1-3H3,(H,16,21)/q+1. The first-order valence-corrected chi connectivity index (χ1v) is 7.62. The Bertz CT molecular complexity index is 583. The highest BCUT2D eigenvalue weighted by molar-refractivity contribution is 5.67. The summed E-state index contributed by atoms with van der Waals surface area (Å²) in [5.74, 6) is 0.583. The maximum absolute atomic E-state index is 11.6. The number of hydrogen-bond acceptors (Lipinski definition) is 4. The zero-order valence-electron chi connectivity index (χ0n) is 13.7. The second kappa shape index (κ2) is 7.66. The van der Waals surface area contributed by atoms with Crippen molar-refractivity contribution in [3.05, 3.63) is 29.3 Å². The van der Waals surface area contributed by atoms with Gasteiger partial charge in [0.2, 0.25) is 0 Å². The van der Waals surface area contributed by atoms with Crippen molar-refractivity contribution < 1.29 is 24.5 Å². The summed E-state index contributed by atoms with van der Waals surface area (Å²) in [5.41, 5.74) is 2.07. The Morgan fingerprint density at radius 1 is 1.30 bits per heavy atom. The third-order valence-electron chi connectivity index (χ3n) is 3.58. The van der Waals surface area contributed by atoms with Crippen LogP contribution in [0, 0.1) is 13.8 Å². The molecule has 1 N–H and O–H groups in total. The van der Waals surface area contributed by atoms with Crippen LogP contribution in [0.15, 0.2) is 23.5 Å². The number of nitrogens with zero attached hydrogens (tertiary/aromatic N) is 4. The molecule has 0 aliphatic carbocycles. The summed E-state index contributed by atoms with van der Waals surface area (Å²) in [6.45, 7) is 7.82. The summed E-state index contributed by atoms with van der Waals surface area (Å²) in [6.07, 6.45) is -0.333. The zero-order valence-corrected chi connectivity index (χ0v) is 13.7. The number of hydrazine groups is 1. The van der Waals surface area contributed by atoms with Gasteiger partial charge in [-0.05, 0) is 32.4 Å². The van der Waals surface area contributed by atoms with Gasteiger partial charge < -0.3 is 14.5 Å². The van der Waals surface area contributed by atoms with Gasteiger partial charge in [0.15, 0.2) is 5.75 Å². The fourth-order valence-electron chi connectivity index (χ4n) is 2.31. The van der Waals surface area contributed by atoms with Crippen LogP contribution in [-0.2, 0) is 4.74 Å². The largest absolute Gasteiger partial charge is 0.450 e. The average molecular weight is 323 g/mol. The maximum Gasteiger partial charge on any atom is 0.409 e. The summed E-state index contributed by atoms with van der Waals surface area (Å²) in [5, 5.41) is 15.2. The summed E-state index contributed by atoms with van der Waals surface area (Å²) >= 11 is 0. The lowest BCUT2D eigenvalue weighted by Crippen LogP contribution is -2.51. The number of carbonyl (C=O) groups excluding carboxylic acids is 1. The van der Waals surface area contributed by atoms with Crippen molar-refractivity contribution in [1.29, 1.82) is 0 Å². The molecule has 1 heterocycles. The molecule has 1 amide bonds. The molecule has 1 fully saturated rings. The van der Waals surface area contributed by atoms with Crippen molar-refractivity contribution in [3.8, 4) is 5.75 Å². The van der Waals surface area contributed by atoms with E-state index in [2.05, 4.69) is 5.28 Å². The molecule has 1 aromatic rings. The monoisotopic (exact) mass is 323 g/mol. The van der Waals surface area contributed by atoms with Crippen molar-refractivity contribution >= 4 is 6.09 Å². The van der Waals surface area contributed by atoms with Crippen molar-refractivity contribution in [3.63, 3.8) is 0 Å². The van der Waals surface area contributed by atoms with E-state index in [0.29, 0.717) is 43.5 Å². The molecule has 0 spiro atoms. The predicted molar refractivity (Wildman–Crippen MR) is 81.2 cm³/mol. The van der Waals surface area contributed by atoms with Crippen LogP contribution in [-0.4, -0.2) is 59.0 Å². The molecule has 1 aromatic carbocycles. The number of aryl methyl sites for hydroxylation is 2. The molecule has 23 heavy (non-hydrogen) atoms. The molecule has 0 aromatic heterocycles. The van der Waals surface area contributed by atoms with Crippen molar-refractivity contribution in [2.75, 3.05) is 32.8 Å². The summed E-state index contributed by atoms with van der Waals surface area (Å²) < 4.78 is 4.95. The minimum atomic E-state index is -0.333. The summed E-state index contributed by atoms with van der Waals surface area (Å²) in [4.78, 5) is 19.2. The minimum absolute atomic E-state index is 0.333. The number of ether oxygens (including phenoxy) is 1. The van der Waals surface area contributed by atoms with Crippen LogP contribution in [0.2, 0.25) is 0 Å². The highest BCUT2D eigenvalue weighted by Gasteiger charge is 2.29. The zero-order chi connectivity index (χ0) is 16.8. The second-order valence-corrected chi connectivity index (χ2v) is 5.35. The molecular formula is C15H23N4O4+. The van der Waals surface area contributed by atoms with Gasteiger partial charge in [-0.1, -0.05) is 17.7 Å². The lowest BCUT2D eigenvalue weighted by atomic mass is 10.1. The van der Waals surface area contributed by atoms with Crippen molar-refractivity contribution in [2.24, 2.45) is 5.28 Å². The second-order valence-electron chi connectivity index (χ2n) is 5.35. The van der Waals surface area contributed by atoms with E-state index in [9.17, 15) is 10.0 Å². The number of piperazine rings is 1. The molecule has 0 radical (unpaired) electrons. The van der Waals surface area contributed by atoms with Gasteiger partial charge >= 0.3 is 6.09 Å². The molecule has 0 bridgehead atoms. The van der Waals surface area contributed by atoms with Crippen LogP contribution in [0.25, 0.3) is 0 Å². The quantitative estimate of drug-likeness (QED) is 0.522. The Morgan fingerprint density at radius 2 is 2.00 bits per heavy atom. The fourth-order valence-corrected chi connectivity index (χ4v) is 2.31. The van der Waals surface area contributed by atoms with Crippen LogP contribution < -0.4 is 4.84 Å². The molecule has 2 rings (SSSR count). The Labute approximate surface area is 135 Å². The topological polar surface area (TPSA) is 77.6 Å². The smallest absolute Gasteiger partial charge is 0.409 e. The maximum atomic E-state index is 11.6. The van der Waals surface area contributed by atoms with E-state index in [-0.39, 0.29) is 6.09 Å². The molecule has 1 aliphatic rings. The number of benzene rings is 1. The third kappa shape index (κ3) is 4.48. The first kappa shape index (κ1) is 16.9.